The molecule has 0 saturated heterocycles. The summed E-state index contributed by atoms with van der Waals surface area (Å²) in [5.41, 5.74) is 2.10. The van der Waals surface area contributed by atoms with Crippen LogP contribution >= 0.6 is 0 Å². The van der Waals surface area contributed by atoms with E-state index in [1.807, 2.05) is 30.3 Å². The average molecular weight is 403 g/mol. The lowest BCUT2D eigenvalue weighted by atomic mass is 10.2. The van der Waals surface area contributed by atoms with E-state index in [1.165, 1.54) is 6.07 Å². The largest absolute Gasteiger partial charge is 0.381 e. The number of anilines is 1. The SMILES string of the molecule is O=c1c2ccc(NCc3ccccc3)cc2nc2nc(-c3ccc(F)cc3F)[nH]n12. The molecule has 0 amide bonds. The second-order valence-corrected chi connectivity index (χ2v) is 6.82. The molecule has 0 spiro atoms. The number of nitrogens with zero attached hydrogens (tertiary/aromatic N) is 3. The molecule has 148 valence electrons. The summed E-state index contributed by atoms with van der Waals surface area (Å²) in [7, 11) is 0. The molecule has 3 aromatic carbocycles. The summed E-state index contributed by atoms with van der Waals surface area (Å²) in [5.74, 6) is -1.27. The van der Waals surface area contributed by atoms with Gasteiger partial charge in [-0.15, -0.1) is 0 Å². The van der Waals surface area contributed by atoms with E-state index in [4.69, 9.17) is 0 Å². The van der Waals surface area contributed by atoms with Crippen LogP contribution in [0.3, 0.4) is 0 Å². The second-order valence-electron chi connectivity index (χ2n) is 6.82. The molecular formula is C22H15F2N5O. The monoisotopic (exact) mass is 403 g/mol. The van der Waals surface area contributed by atoms with Gasteiger partial charge in [-0.1, -0.05) is 30.3 Å². The van der Waals surface area contributed by atoms with Crippen molar-refractivity contribution in [1.29, 1.82) is 0 Å². The van der Waals surface area contributed by atoms with Crippen molar-refractivity contribution in [3.63, 3.8) is 0 Å². The summed E-state index contributed by atoms with van der Waals surface area (Å²) in [6, 6.07) is 18.3. The lowest BCUT2D eigenvalue weighted by Crippen LogP contribution is -2.15. The number of nitrogens with one attached hydrogen (secondary N) is 2. The Balaban J connectivity index is 1.54. The number of aromatic nitrogens is 4. The Hall–Kier alpha value is -4.07. The lowest BCUT2D eigenvalue weighted by Gasteiger charge is -2.07. The van der Waals surface area contributed by atoms with Crippen LogP contribution in [0.4, 0.5) is 14.5 Å². The quantitative estimate of drug-likeness (QED) is 0.473. The van der Waals surface area contributed by atoms with Gasteiger partial charge in [0.25, 0.3) is 11.3 Å². The fraction of sp³-hybridized carbons (Fsp3) is 0.0455. The minimum Gasteiger partial charge on any atom is -0.381 e. The predicted molar refractivity (Wildman–Crippen MR) is 110 cm³/mol. The van der Waals surface area contributed by atoms with Gasteiger partial charge < -0.3 is 5.32 Å². The Morgan fingerprint density at radius 2 is 1.80 bits per heavy atom. The first kappa shape index (κ1) is 18.0. The fourth-order valence-electron chi connectivity index (χ4n) is 3.29. The standard InChI is InChI=1S/C22H15F2N5O/c23-14-6-8-16(18(24)10-14)20-27-22-26-19-11-15(25-12-13-4-2-1-3-5-13)7-9-17(19)21(30)29(22)28-20/h1-11,25H,12H2,(H,26,27,28). The van der Waals surface area contributed by atoms with Gasteiger partial charge in [0.2, 0.25) is 0 Å². The van der Waals surface area contributed by atoms with Crippen molar-refractivity contribution in [1.82, 2.24) is 19.6 Å². The van der Waals surface area contributed by atoms with Crippen LogP contribution in [0.5, 0.6) is 0 Å². The van der Waals surface area contributed by atoms with Crippen LogP contribution in [0, 0.1) is 11.6 Å². The molecule has 0 aliphatic rings. The zero-order valence-electron chi connectivity index (χ0n) is 15.6. The Labute approximate surface area is 168 Å². The van der Waals surface area contributed by atoms with Gasteiger partial charge in [0.05, 0.1) is 16.5 Å². The maximum Gasteiger partial charge on any atom is 0.281 e. The van der Waals surface area contributed by atoms with Crippen molar-refractivity contribution < 1.29 is 8.78 Å². The third kappa shape index (κ3) is 3.18. The van der Waals surface area contributed by atoms with Crippen molar-refractivity contribution >= 4 is 22.4 Å². The van der Waals surface area contributed by atoms with Gasteiger partial charge in [-0.3, -0.25) is 9.89 Å². The summed E-state index contributed by atoms with van der Waals surface area (Å²) in [5, 5.41) is 6.44. The van der Waals surface area contributed by atoms with Crippen molar-refractivity contribution in [2.75, 3.05) is 5.32 Å². The highest BCUT2D eigenvalue weighted by Gasteiger charge is 2.14. The van der Waals surface area contributed by atoms with Crippen LogP contribution in [0.2, 0.25) is 0 Å². The molecule has 5 aromatic rings. The van der Waals surface area contributed by atoms with E-state index in [0.717, 1.165) is 27.9 Å². The first-order chi connectivity index (χ1) is 14.6. The minimum atomic E-state index is -0.779. The van der Waals surface area contributed by atoms with Crippen molar-refractivity contribution in [3.05, 3.63) is 94.3 Å². The van der Waals surface area contributed by atoms with Gasteiger partial charge in [-0.2, -0.15) is 9.50 Å². The normalized spacial score (nSPS) is 11.3. The number of hydrogen-bond donors (Lipinski definition) is 2. The lowest BCUT2D eigenvalue weighted by molar-refractivity contribution is 0.585. The van der Waals surface area contributed by atoms with Crippen LogP contribution in [0.25, 0.3) is 28.1 Å². The highest BCUT2D eigenvalue weighted by molar-refractivity contribution is 5.82. The Morgan fingerprint density at radius 3 is 2.60 bits per heavy atom. The van der Waals surface area contributed by atoms with Gasteiger partial charge in [0, 0.05) is 18.3 Å². The molecule has 0 aliphatic carbocycles. The van der Waals surface area contributed by atoms with Crippen LogP contribution in [0.15, 0.2) is 71.5 Å². The van der Waals surface area contributed by atoms with Crippen LogP contribution in [-0.2, 0) is 6.54 Å². The molecule has 0 atom stereocenters. The molecule has 0 radical (unpaired) electrons. The molecule has 0 saturated carbocycles. The smallest absolute Gasteiger partial charge is 0.281 e. The maximum absolute atomic E-state index is 14.1. The molecule has 6 nitrogen and oxygen atoms in total. The van der Waals surface area contributed by atoms with Gasteiger partial charge in [0.15, 0.2) is 5.82 Å². The van der Waals surface area contributed by atoms with E-state index >= 15 is 0 Å². The van der Waals surface area contributed by atoms with E-state index in [0.29, 0.717) is 17.4 Å². The van der Waals surface area contributed by atoms with E-state index in [1.54, 1.807) is 18.2 Å². The molecule has 8 heteroatoms. The molecule has 2 heterocycles. The van der Waals surface area contributed by atoms with Crippen LogP contribution < -0.4 is 10.9 Å². The van der Waals surface area contributed by atoms with Gasteiger partial charge in [-0.25, -0.2) is 13.8 Å². The third-order valence-corrected chi connectivity index (χ3v) is 4.81. The zero-order valence-corrected chi connectivity index (χ0v) is 15.6. The topological polar surface area (TPSA) is 75.1 Å². The first-order valence-corrected chi connectivity index (χ1v) is 9.24. The van der Waals surface area contributed by atoms with Gasteiger partial charge in [-0.05, 0) is 35.9 Å². The van der Waals surface area contributed by atoms with Gasteiger partial charge in [0.1, 0.15) is 11.6 Å². The highest BCUT2D eigenvalue weighted by Crippen LogP contribution is 2.21. The molecule has 30 heavy (non-hydrogen) atoms. The number of halogens is 2. The summed E-state index contributed by atoms with van der Waals surface area (Å²) in [4.78, 5) is 21.5. The Morgan fingerprint density at radius 1 is 0.967 bits per heavy atom. The predicted octanol–water partition coefficient (Wildman–Crippen LogP) is 4.13. The maximum atomic E-state index is 14.1. The van der Waals surface area contributed by atoms with E-state index < -0.39 is 11.6 Å². The zero-order chi connectivity index (χ0) is 20.7. The van der Waals surface area contributed by atoms with Gasteiger partial charge >= 0.3 is 0 Å². The molecular weight excluding hydrogens is 388 g/mol. The molecule has 0 unspecified atom stereocenters. The fourth-order valence-corrected chi connectivity index (χ4v) is 3.29. The number of hydrogen-bond acceptors (Lipinski definition) is 4. The molecule has 0 fully saturated rings. The van der Waals surface area contributed by atoms with Crippen LogP contribution in [-0.4, -0.2) is 19.6 Å². The average Bonchev–Trinajstić information content (AvgIpc) is 3.17. The summed E-state index contributed by atoms with van der Waals surface area (Å²) >= 11 is 0. The Kier molecular flexibility index (Phi) is 4.24. The van der Waals surface area contributed by atoms with Crippen molar-refractivity contribution in [3.8, 4) is 11.4 Å². The number of rotatable bonds is 4. The molecule has 5 rings (SSSR count). The first-order valence-electron chi connectivity index (χ1n) is 9.24. The third-order valence-electron chi connectivity index (χ3n) is 4.81. The number of H-pyrrole nitrogens is 1. The van der Waals surface area contributed by atoms with E-state index in [-0.39, 0.29) is 22.7 Å². The second kappa shape index (κ2) is 7.07. The summed E-state index contributed by atoms with van der Waals surface area (Å²) in [6.07, 6.45) is 0. The number of benzene rings is 3. The Bertz CT molecular complexity index is 1440. The minimum absolute atomic E-state index is 0.0515. The summed E-state index contributed by atoms with van der Waals surface area (Å²) in [6.45, 7) is 0.629. The number of fused-ring (bicyclic) bond motifs is 2. The molecule has 0 bridgehead atoms. The summed E-state index contributed by atoms with van der Waals surface area (Å²) < 4.78 is 28.4. The highest BCUT2D eigenvalue weighted by atomic mass is 19.1. The molecule has 2 N–H and O–H groups in total. The van der Waals surface area contributed by atoms with Crippen molar-refractivity contribution in [2.45, 2.75) is 6.54 Å². The molecule has 2 aromatic heterocycles. The van der Waals surface area contributed by atoms with Crippen molar-refractivity contribution in [2.24, 2.45) is 0 Å². The van der Waals surface area contributed by atoms with E-state index in [9.17, 15) is 13.6 Å². The van der Waals surface area contributed by atoms with Crippen LogP contribution in [0.1, 0.15) is 5.56 Å². The van der Waals surface area contributed by atoms with E-state index in [2.05, 4.69) is 20.4 Å². The molecule has 0 aliphatic heterocycles. The number of aromatic amines is 1.